The summed E-state index contributed by atoms with van der Waals surface area (Å²) in [6.07, 6.45) is -0.935. The van der Waals surface area contributed by atoms with E-state index in [0.29, 0.717) is 12.2 Å². The highest BCUT2D eigenvalue weighted by molar-refractivity contribution is 5.51. The molecule has 1 unspecified atom stereocenters. The highest BCUT2D eigenvalue weighted by atomic mass is 19.2. The molecule has 0 saturated heterocycles. The Bertz CT molecular complexity index is 605. The van der Waals surface area contributed by atoms with Gasteiger partial charge in [-0.15, -0.1) is 0 Å². The molecule has 2 N–H and O–H groups in total. The van der Waals surface area contributed by atoms with E-state index in [1.807, 2.05) is 24.3 Å². The lowest BCUT2D eigenvalue weighted by molar-refractivity contribution is 0.184. The van der Waals surface area contributed by atoms with Crippen LogP contribution in [0, 0.1) is 11.6 Å². The van der Waals surface area contributed by atoms with Crippen LogP contribution < -0.4 is 5.32 Å². The van der Waals surface area contributed by atoms with Gasteiger partial charge in [0.25, 0.3) is 0 Å². The molecule has 0 fully saturated rings. The number of nitrogens with one attached hydrogen (secondary N) is 1. The maximum Gasteiger partial charge on any atom is 0.159 e. The molecule has 2 aromatic carbocycles. The van der Waals surface area contributed by atoms with Crippen LogP contribution in [0.5, 0.6) is 0 Å². The van der Waals surface area contributed by atoms with Crippen LogP contribution in [0.25, 0.3) is 0 Å². The quantitative estimate of drug-likeness (QED) is 0.859. The van der Waals surface area contributed by atoms with E-state index in [2.05, 4.69) is 5.32 Å². The number of hydrogen-bond acceptors (Lipinski definition) is 3. The third-order valence-electron chi connectivity index (χ3n) is 3.13. The molecule has 112 valence electrons. The predicted molar refractivity (Wildman–Crippen MR) is 77.0 cm³/mol. The molecule has 0 spiro atoms. The number of benzene rings is 2. The summed E-state index contributed by atoms with van der Waals surface area (Å²) in [6, 6.07) is 10.9. The fraction of sp³-hybridized carbons (Fsp3) is 0.250. The number of methoxy groups -OCH3 is 1. The number of rotatable bonds is 6. The largest absolute Gasteiger partial charge is 0.387 e. The molecule has 0 aliphatic rings. The van der Waals surface area contributed by atoms with Crippen molar-refractivity contribution in [1.29, 1.82) is 0 Å². The lowest BCUT2D eigenvalue weighted by atomic mass is 10.1. The minimum atomic E-state index is -0.966. The van der Waals surface area contributed by atoms with E-state index in [1.54, 1.807) is 7.11 Å². The van der Waals surface area contributed by atoms with Crippen molar-refractivity contribution in [2.75, 3.05) is 19.0 Å². The predicted octanol–water partition coefficient (Wildman–Crippen LogP) is 3.26. The molecule has 0 aliphatic carbocycles. The summed E-state index contributed by atoms with van der Waals surface area (Å²) in [5.41, 5.74) is 2.11. The smallest absolute Gasteiger partial charge is 0.159 e. The van der Waals surface area contributed by atoms with E-state index in [-0.39, 0.29) is 6.54 Å². The summed E-state index contributed by atoms with van der Waals surface area (Å²) in [6.45, 7) is 0.635. The summed E-state index contributed by atoms with van der Waals surface area (Å²) in [7, 11) is 1.60. The zero-order chi connectivity index (χ0) is 15.2. The second-order valence-corrected chi connectivity index (χ2v) is 4.66. The Hall–Kier alpha value is -1.98. The van der Waals surface area contributed by atoms with E-state index in [4.69, 9.17) is 4.74 Å². The summed E-state index contributed by atoms with van der Waals surface area (Å²) in [4.78, 5) is 0. The third kappa shape index (κ3) is 4.00. The van der Waals surface area contributed by atoms with Crippen molar-refractivity contribution in [3.8, 4) is 0 Å². The Labute approximate surface area is 122 Å². The second-order valence-electron chi connectivity index (χ2n) is 4.66. The van der Waals surface area contributed by atoms with Crippen molar-refractivity contribution < 1.29 is 18.6 Å². The molecule has 0 amide bonds. The molecule has 5 heteroatoms. The summed E-state index contributed by atoms with van der Waals surface area (Å²) < 4.78 is 31.1. The van der Waals surface area contributed by atoms with Gasteiger partial charge in [-0.1, -0.05) is 24.3 Å². The molecule has 1 atom stereocenters. The summed E-state index contributed by atoms with van der Waals surface area (Å²) >= 11 is 0. The average Bonchev–Trinajstić information content (AvgIpc) is 2.49. The van der Waals surface area contributed by atoms with Crippen molar-refractivity contribution in [2.45, 2.75) is 12.7 Å². The molecule has 2 aromatic rings. The molecule has 3 nitrogen and oxygen atoms in total. The molecule has 21 heavy (non-hydrogen) atoms. The van der Waals surface area contributed by atoms with Gasteiger partial charge in [0, 0.05) is 24.9 Å². The normalized spacial score (nSPS) is 12.2. The van der Waals surface area contributed by atoms with Crippen LogP contribution in [0.2, 0.25) is 0 Å². The first kappa shape index (κ1) is 15.4. The molecule has 2 rings (SSSR count). The lowest BCUT2D eigenvalue weighted by Crippen LogP contribution is -2.13. The van der Waals surface area contributed by atoms with Gasteiger partial charge < -0.3 is 15.2 Å². The van der Waals surface area contributed by atoms with Gasteiger partial charge >= 0.3 is 0 Å². The molecule has 0 aliphatic heterocycles. The average molecular weight is 293 g/mol. The van der Waals surface area contributed by atoms with Gasteiger partial charge in [0.2, 0.25) is 0 Å². The van der Waals surface area contributed by atoms with E-state index in [0.717, 1.165) is 23.4 Å². The number of hydrogen-bond donors (Lipinski definition) is 2. The number of anilines is 1. The SMILES string of the molecule is COCc1ccccc1NCC(O)c1ccc(F)c(F)c1. The lowest BCUT2D eigenvalue weighted by Gasteiger charge is -2.15. The topological polar surface area (TPSA) is 41.5 Å². The Morgan fingerprint density at radius 3 is 2.62 bits per heavy atom. The van der Waals surface area contributed by atoms with Crippen molar-refractivity contribution >= 4 is 5.69 Å². The van der Waals surface area contributed by atoms with Gasteiger partial charge in [-0.05, 0) is 23.8 Å². The number of aliphatic hydroxyl groups excluding tert-OH is 1. The third-order valence-corrected chi connectivity index (χ3v) is 3.13. The maximum absolute atomic E-state index is 13.1. The van der Waals surface area contributed by atoms with E-state index < -0.39 is 17.7 Å². The van der Waals surface area contributed by atoms with Crippen LogP contribution in [0.4, 0.5) is 14.5 Å². The molecule has 0 heterocycles. The standard InChI is InChI=1S/C16H17F2NO2/c1-21-10-12-4-2-3-5-15(12)19-9-16(20)11-6-7-13(17)14(18)8-11/h2-8,16,19-20H,9-10H2,1H3. The van der Waals surface area contributed by atoms with Crippen molar-refractivity contribution in [3.63, 3.8) is 0 Å². The Morgan fingerprint density at radius 2 is 1.90 bits per heavy atom. The van der Waals surface area contributed by atoms with Crippen LogP contribution in [-0.2, 0) is 11.3 Å². The van der Waals surface area contributed by atoms with Gasteiger partial charge in [0.1, 0.15) is 0 Å². The summed E-state index contributed by atoms with van der Waals surface area (Å²) in [5.74, 6) is -1.89. The van der Waals surface area contributed by atoms with Crippen LogP contribution >= 0.6 is 0 Å². The molecule has 0 saturated carbocycles. The fourth-order valence-electron chi connectivity index (χ4n) is 2.02. The molecular weight excluding hydrogens is 276 g/mol. The van der Waals surface area contributed by atoms with E-state index >= 15 is 0 Å². The highest BCUT2D eigenvalue weighted by Crippen LogP contribution is 2.20. The van der Waals surface area contributed by atoms with E-state index in [1.165, 1.54) is 6.07 Å². The Balaban J connectivity index is 2.03. The minimum Gasteiger partial charge on any atom is -0.387 e. The van der Waals surface area contributed by atoms with Crippen molar-refractivity contribution in [1.82, 2.24) is 0 Å². The second kappa shape index (κ2) is 7.15. The number of para-hydroxylation sites is 1. The monoisotopic (exact) mass is 293 g/mol. The van der Waals surface area contributed by atoms with Crippen LogP contribution in [0.3, 0.4) is 0 Å². The zero-order valence-electron chi connectivity index (χ0n) is 11.6. The van der Waals surface area contributed by atoms with Gasteiger partial charge in [-0.2, -0.15) is 0 Å². The van der Waals surface area contributed by atoms with Gasteiger partial charge in [-0.25, -0.2) is 8.78 Å². The summed E-state index contributed by atoms with van der Waals surface area (Å²) in [5, 5.41) is 13.1. The van der Waals surface area contributed by atoms with Crippen molar-refractivity contribution in [3.05, 3.63) is 65.2 Å². The molecular formula is C16H17F2NO2. The van der Waals surface area contributed by atoms with E-state index in [9.17, 15) is 13.9 Å². The first-order valence-corrected chi connectivity index (χ1v) is 6.55. The van der Waals surface area contributed by atoms with Crippen LogP contribution in [-0.4, -0.2) is 18.8 Å². The number of halogens is 2. The molecule has 0 bridgehead atoms. The first-order valence-electron chi connectivity index (χ1n) is 6.55. The Morgan fingerprint density at radius 1 is 1.14 bits per heavy atom. The zero-order valence-corrected chi connectivity index (χ0v) is 11.6. The number of ether oxygens (including phenoxy) is 1. The first-order chi connectivity index (χ1) is 10.1. The maximum atomic E-state index is 13.1. The van der Waals surface area contributed by atoms with Gasteiger partial charge in [0.05, 0.1) is 12.7 Å². The highest BCUT2D eigenvalue weighted by Gasteiger charge is 2.11. The number of aliphatic hydroxyl groups is 1. The van der Waals surface area contributed by atoms with Crippen molar-refractivity contribution in [2.24, 2.45) is 0 Å². The fourth-order valence-corrected chi connectivity index (χ4v) is 2.02. The van der Waals surface area contributed by atoms with Gasteiger partial charge in [0.15, 0.2) is 11.6 Å². The van der Waals surface area contributed by atoms with Crippen LogP contribution in [0.15, 0.2) is 42.5 Å². The Kier molecular flexibility index (Phi) is 5.25. The minimum absolute atomic E-state index is 0.186. The van der Waals surface area contributed by atoms with Crippen LogP contribution in [0.1, 0.15) is 17.2 Å². The van der Waals surface area contributed by atoms with Gasteiger partial charge in [-0.3, -0.25) is 0 Å². The molecule has 0 radical (unpaired) electrons. The molecule has 0 aromatic heterocycles.